The lowest BCUT2D eigenvalue weighted by Crippen LogP contribution is -2.19. The third kappa shape index (κ3) is 3.36. The van der Waals surface area contributed by atoms with E-state index in [4.69, 9.17) is 0 Å². The van der Waals surface area contributed by atoms with Crippen molar-refractivity contribution >= 4 is 0 Å². The lowest BCUT2D eigenvalue weighted by Gasteiger charge is -2.15. The van der Waals surface area contributed by atoms with Crippen molar-refractivity contribution in [1.82, 2.24) is 5.32 Å². The van der Waals surface area contributed by atoms with Gasteiger partial charge in [0.1, 0.15) is 11.6 Å². The Balaban J connectivity index is 2.06. The lowest BCUT2D eigenvalue weighted by molar-refractivity contribution is 0.498. The Hall–Kier alpha value is -1.88. The van der Waals surface area contributed by atoms with Crippen molar-refractivity contribution in [2.24, 2.45) is 0 Å². The molecule has 0 fully saturated rings. The first-order chi connectivity index (χ1) is 9.47. The summed E-state index contributed by atoms with van der Waals surface area (Å²) in [5, 5.41) is 2.93. The summed E-state index contributed by atoms with van der Waals surface area (Å²) in [5.41, 5.74) is 0.708. The van der Waals surface area contributed by atoms with Gasteiger partial charge in [0, 0.05) is 18.2 Å². The Morgan fingerprint density at radius 2 is 1.60 bits per heavy atom. The molecule has 0 aromatic heterocycles. The van der Waals surface area contributed by atoms with E-state index in [9.17, 15) is 17.6 Å². The van der Waals surface area contributed by atoms with Crippen molar-refractivity contribution in [3.63, 3.8) is 0 Å². The summed E-state index contributed by atoms with van der Waals surface area (Å²) in [6.07, 6.45) is 0. The first kappa shape index (κ1) is 14.5. The van der Waals surface area contributed by atoms with Crippen molar-refractivity contribution in [1.29, 1.82) is 0 Å². The quantitative estimate of drug-likeness (QED) is 0.833. The fourth-order valence-corrected chi connectivity index (χ4v) is 1.84. The molecule has 0 bridgehead atoms. The molecule has 0 saturated heterocycles. The summed E-state index contributed by atoms with van der Waals surface area (Å²) >= 11 is 0. The number of halogens is 4. The molecule has 0 heterocycles. The maximum absolute atomic E-state index is 13.4. The van der Waals surface area contributed by atoms with E-state index in [-0.39, 0.29) is 18.2 Å². The molecule has 1 unspecified atom stereocenters. The summed E-state index contributed by atoms with van der Waals surface area (Å²) in [6.45, 7) is 1.81. The van der Waals surface area contributed by atoms with Crippen LogP contribution in [-0.2, 0) is 6.54 Å². The third-order valence-corrected chi connectivity index (χ3v) is 3.05. The van der Waals surface area contributed by atoms with Gasteiger partial charge in [0.05, 0.1) is 0 Å². The van der Waals surface area contributed by atoms with E-state index in [2.05, 4.69) is 5.32 Å². The Kier molecular flexibility index (Phi) is 4.39. The molecule has 20 heavy (non-hydrogen) atoms. The number of hydrogen-bond acceptors (Lipinski definition) is 1. The Bertz CT molecular complexity index is 613. The molecule has 0 aliphatic rings. The van der Waals surface area contributed by atoms with Gasteiger partial charge in [-0.1, -0.05) is 6.07 Å². The van der Waals surface area contributed by atoms with Crippen molar-refractivity contribution in [2.75, 3.05) is 0 Å². The number of rotatable bonds is 4. The maximum Gasteiger partial charge on any atom is 0.159 e. The summed E-state index contributed by atoms with van der Waals surface area (Å²) in [6, 6.07) is 6.41. The van der Waals surface area contributed by atoms with E-state index in [0.29, 0.717) is 5.56 Å². The topological polar surface area (TPSA) is 12.0 Å². The second kappa shape index (κ2) is 6.05. The van der Waals surface area contributed by atoms with Crippen LogP contribution in [0.2, 0.25) is 0 Å². The van der Waals surface area contributed by atoms with E-state index in [0.717, 1.165) is 30.3 Å². The van der Waals surface area contributed by atoms with Crippen LogP contribution in [0.15, 0.2) is 36.4 Å². The minimum atomic E-state index is -0.937. The molecule has 1 nitrogen and oxygen atoms in total. The minimum absolute atomic E-state index is 0.0871. The van der Waals surface area contributed by atoms with Gasteiger partial charge in [0.25, 0.3) is 0 Å². The van der Waals surface area contributed by atoms with Crippen molar-refractivity contribution in [3.05, 3.63) is 70.8 Å². The van der Waals surface area contributed by atoms with Crippen molar-refractivity contribution < 1.29 is 17.6 Å². The lowest BCUT2D eigenvalue weighted by atomic mass is 10.1. The van der Waals surface area contributed by atoms with Crippen LogP contribution in [-0.4, -0.2) is 0 Å². The average Bonchev–Trinajstić information content (AvgIpc) is 2.42. The van der Waals surface area contributed by atoms with Gasteiger partial charge in [-0.05, 0) is 42.8 Å². The highest BCUT2D eigenvalue weighted by Crippen LogP contribution is 2.17. The van der Waals surface area contributed by atoms with E-state index < -0.39 is 23.3 Å². The van der Waals surface area contributed by atoms with Crippen LogP contribution in [0.3, 0.4) is 0 Å². The molecule has 2 aromatic carbocycles. The van der Waals surface area contributed by atoms with E-state index in [1.807, 2.05) is 0 Å². The third-order valence-electron chi connectivity index (χ3n) is 3.05. The molecule has 2 rings (SSSR count). The zero-order chi connectivity index (χ0) is 14.7. The van der Waals surface area contributed by atoms with Gasteiger partial charge < -0.3 is 5.32 Å². The largest absolute Gasteiger partial charge is 0.306 e. The standard InChI is InChI=1S/C15H13F4N/c1-9(10-2-4-14(18)15(19)7-10)20-8-11-6-12(16)3-5-13(11)17/h2-7,9,20H,8H2,1H3. The number of hydrogen-bond donors (Lipinski definition) is 1. The van der Waals surface area contributed by atoms with Crippen LogP contribution < -0.4 is 5.32 Å². The van der Waals surface area contributed by atoms with Crippen LogP contribution in [0, 0.1) is 23.3 Å². The van der Waals surface area contributed by atoms with Gasteiger partial charge in [-0.15, -0.1) is 0 Å². The van der Waals surface area contributed by atoms with Gasteiger partial charge in [0.2, 0.25) is 0 Å². The molecule has 1 atom stereocenters. The molecule has 0 spiro atoms. The SMILES string of the molecule is CC(NCc1cc(F)ccc1F)c1ccc(F)c(F)c1. The zero-order valence-corrected chi connectivity index (χ0v) is 10.8. The van der Waals surface area contributed by atoms with Gasteiger partial charge in [-0.25, -0.2) is 17.6 Å². The fourth-order valence-electron chi connectivity index (χ4n) is 1.84. The monoisotopic (exact) mass is 283 g/mol. The molecule has 0 radical (unpaired) electrons. The average molecular weight is 283 g/mol. The predicted molar refractivity (Wildman–Crippen MR) is 68.0 cm³/mol. The van der Waals surface area contributed by atoms with Gasteiger partial charge >= 0.3 is 0 Å². The summed E-state index contributed by atoms with van der Waals surface area (Å²) in [5.74, 6) is -2.90. The van der Waals surface area contributed by atoms with Crippen LogP contribution in [0.4, 0.5) is 17.6 Å². The highest BCUT2D eigenvalue weighted by Gasteiger charge is 2.10. The van der Waals surface area contributed by atoms with Crippen LogP contribution in [0.25, 0.3) is 0 Å². The first-order valence-corrected chi connectivity index (χ1v) is 6.09. The first-order valence-electron chi connectivity index (χ1n) is 6.09. The van der Waals surface area contributed by atoms with Gasteiger partial charge in [-0.3, -0.25) is 0 Å². The smallest absolute Gasteiger partial charge is 0.159 e. The highest BCUT2D eigenvalue weighted by atomic mass is 19.2. The number of nitrogens with one attached hydrogen (secondary N) is 1. The molecule has 2 aromatic rings. The zero-order valence-electron chi connectivity index (χ0n) is 10.8. The second-order valence-electron chi connectivity index (χ2n) is 4.51. The summed E-state index contributed by atoms with van der Waals surface area (Å²) in [4.78, 5) is 0. The maximum atomic E-state index is 13.4. The molecule has 0 saturated carbocycles. The molecule has 0 aliphatic heterocycles. The summed E-state index contributed by atoms with van der Waals surface area (Å²) < 4.78 is 52.4. The molecule has 5 heteroatoms. The molecule has 0 aliphatic carbocycles. The summed E-state index contributed by atoms with van der Waals surface area (Å²) in [7, 11) is 0. The molecular weight excluding hydrogens is 270 g/mol. The Morgan fingerprint density at radius 3 is 2.30 bits per heavy atom. The number of benzene rings is 2. The Morgan fingerprint density at radius 1 is 0.900 bits per heavy atom. The van der Waals surface area contributed by atoms with E-state index in [1.165, 1.54) is 6.07 Å². The van der Waals surface area contributed by atoms with Crippen molar-refractivity contribution in [2.45, 2.75) is 19.5 Å². The van der Waals surface area contributed by atoms with Crippen molar-refractivity contribution in [3.8, 4) is 0 Å². The van der Waals surface area contributed by atoms with Gasteiger partial charge in [0.15, 0.2) is 11.6 Å². The molecule has 1 N–H and O–H groups in total. The normalized spacial score (nSPS) is 12.4. The minimum Gasteiger partial charge on any atom is -0.306 e. The highest BCUT2D eigenvalue weighted by molar-refractivity contribution is 5.22. The second-order valence-corrected chi connectivity index (χ2v) is 4.51. The fraction of sp³-hybridized carbons (Fsp3) is 0.200. The van der Waals surface area contributed by atoms with E-state index in [1.54, 1.807) is 6.92 Å². The molecule has 106 valence electrons. The van der Waals surface area contributed by atoms with Gasteiger partial charge in [-0.2, -0.15) is 0 Å². The Labute approximate surface area is 114 Å². The molecule has 0 amide bonds. The molecular formula is C15H13F4N. The van der Waals surface area contributed by atoms with Crippen LogP contribution >= 0.6 is 0 Å². The van der Waals surface area contributed by atoms with Crippen LogP contribution in [0.5, 0.6) is 0 Å². The van der Waals surface area contributed by atoms with E-state index >= 15 is 0 Å². The van der Waals surface area contributed by atoms with Crippen LogP contribution in [0.1, 0.15) is 24.1 Å². The predicted octanol–water partition coefficient (Wildman–Crippen LogP) is 4.09.